The highest BCUT2D eigenvalue weighted by atomic mass is 19.4. The number of halogens is 4. The van der Waals surface area contributed by atoms with Gasteiger partial charge in [-0.2, -0.15) is 0 Å². The highest BCUT2D eigenvalue weighted by molar-refractivity contribution is 5.96. The third kappa shape index (κ3) is 5.27. The standard InChI is InChI=1S/C26H24F4N4O2/c27-20-8-6-17(14-22(20)36-26(28,29)30)21-9-7-16-4-3-5-19(24(16)33-21)25(35)32-18-10-11-31-23(15-18)34-12-1-2-13-34/h6-11,14-15,19H,1-5,12-13H2,(H,31,32,35). The number of nitrogens with one attached hydrogen (secondary N) is 1. The van der Waals surface area contributed by atoms with Gasteiger partial charge in [-0.15, -0.1) is 13.2 Å². The van der Waals surface area contributed by atoms with Gasteiger partial charge in [-0.25, -0.2) is 9.37 Å². The molecule has 1 saturated heterocycles. The van der Waals surface area contributed by atoms with Crippen molar-refractivity contribution in [1.29, 1.82) is 0 Å². The van der Waals surface area contributed by atoms with E-state index < -0.39 is 23.8 Å². The molecule has 3 heterocycles. The van der Waals surface area contributed by atoms with E-state index in [4.69, 9.17) is 0 Å². The molecule has 0 radical (unpaired) electrons. The van der Waals surface area contributed by atoms with Crippen LogP contribution in [0.5, 0.6) is 5.75 Å². The SMILES string of the molecule is O=C(Nc1ccnc(N2CCCC2)c1)C1CCCc2ccc(-c3ccc(F)c(OC(F)(F)F)c3)nc21. The van der Waals surface area contributed by atoms with Crippen LogP contribution in [0.1, 0.15) is 42.9 Å². The first kappa shape index (κ1) is 24.0. The maximum Gasteiger partial charge on any atom is 0.573 e. The lowest BCUT2D eigenvalue weighted by atomic mass is 9.85. The number of aromatic nitrogens is 2. The normalized spacial score (nSPS) is 17.6. The Kier molecular flexibility index (Phi) is 6.51. The molecule has 1 N–H and O–H groups in total. The van der Waals surface area contributed by atoms with Crippen molar-refractivity contribution in [3.05, 3.63) is 65.7 Å². The summed E-state index contributed by atoms with van der Waals surface area (Å²) in [6, 6.07) is 10.3. The molecule has 0 spiro atoms. The van der Waals surface area contributed by atoms with Crippen molar-refractivity contribution < 1.29 is 27.1 Å². The number of hydrogen-bond donors (Lipinski definition) is 1. The van der Waals surface area contributed by atoms with Gasteiger partial charge in [-0.05, 0) is 68.0 Å². The number of amides is 1. The average molecular weight is 500 g/mol. The van der Waals surface area contributed by atoms with Gasteiger partial charge in [-0.1, -0.05) is 6.07 Å². The predicted molar refractivity (Wildman–Crippen MR) is 126 cm³/mol. The van der Waals surface area contributed by atoms with Gasteiger partial charge < -0.3 is 15.0 Å². The fourth-order valence-corrected chi connectivity index (χ4v) is 4.78. The van der Waals surface area contributed by atoms with Crippen molar-refractivity contribution in [2.24, 2.45) is 0 Å². The number of alkyl halides is 3. The van der Waals surface area contributed by atoms with Crippen LogP contribution in [0.2, 0.25) is 0 Å². The number of carbonyl (C=O) groups is 1. The number of nitrogens with zero attached hydrogens (tertiary/aromatic N) is 3. The molecule has 36 heavy (non-hydrogen) atoms. The number of pyridine rings is 2. The Balaban J connectivity index is 1.40. The van der Waals surface area contributed by atoms with Gasteiger partial charge in [0.05, 0.1) is 17.3 Å². The Morgan fingerprint density at radius 3 is 2.64 bits per heavy atom. The van der Waals surface area contributed by atoms with E-state index in [1.165, 1.54) is 6.07 Å². The summed E-state index contributed by atoms with van der Waals surface area (Å²) in [4.78, 5) is 24.5. The summed E-state index contributed by atoms with van der Waals surface area (Å²) in [7, 11) is 0. The number of aryl methyl sites for hydroxylation is 1. The molecule has 1 aromatic carbocycles. The number of ether oxygens (including phenoxy) is 1. The van der Waals surface area contributed by atoms with Crippen molar-refractivity contribution >= 4 is 17.4 Å². The van der Waals surface area contributed by atoms with Crippen LogP contribution in [0.25, 0.3) is 11.3 Å². The number of anilines is 2. The molecule has 1 aliphatic heterocycles. The molecule has 0 bridgehead atoms. The largest absolute Gasteiger partial charge is 0.573 e. The fourth-order valence-electron chi connectivity index (χ4n) is 4.78. The molecule has 5 rings (SSSR count). The molecule has 1 fully saturated rings. The van der Waals surface area contributed by atoms with Gasteiger partial charge in [0, 0.05) is 36.6 Å². The van der Waals surface area contributed by atoms with E-state index in [0.717, 1.165) is 62.3 Å². The molecule has 188 valence electrons. The predicted octanol–water partition coefficient (Wildman–Crippen LogP) is 5.84. The maximum absolute atomic E-state index is 13.9. The Labute approximate surface area is 205 Å². The second kappa shape index (κ2) is 9.75. The van der Waals surface area contributed by atoms with Crippen LogP contribution in [-0.4, -0.2) is 35.3 Å². The van der Waals surface area contributed by atoms with Crippen LogP contribution in [0.3, 0.4) is 0 Å². The summed E-state index contributed by atoms with van der Waals surface area (Å²) in [5.41, 5.74) is 2.72. The molecule has 1 aliphatic carbocycles. The third-order valence-corrected chi connectivity index (χ3v) is 6.49. The zero-order valence-corrected chi connectivity index (χ0v) is 19.3. The van der Waals surface area contributed by atoms with Crippen molar-refractivity contribution in [3.63, 3.8) is 0 Å². The summed E-state index contributed by atoms with van der Waals surface area (Å²) >= 11 is 0. The van der Waals surface area contributed by atoms with Gasteiger partial charge >= 0.3 is 6.36 Å². The Hall–Kier alpha value is -3.69. The Bertz CT molecular complexity index is 1280. The first-order chi connectivity index (χ1) is 17.3. The van der Waals surface area contributed by atoms with Gasteiger partial charge in [0.2, 0.25) is 5.91 Å². The molecular formula is C26H24F4N4O2. The summed E-state index contributed by atoms with van der Waals surface area (Å²) < 4.78 is 55.7. The lowest BCUT2D eigenvalue weighted by Gasteiger charge is -2.25. The van der Waals surface area contributed by atoms with Crippen LogP contribution in [0, 0.1) is 5.82 Å². The number of rotatable bonds is 5. The third-order valence-electron chi connectivity index (χ3n) is 6.49. The van der Waals surface area contributed by atoms with Crippen LogP contribution >= 0.6 is 0 Å². The highest BCUT2D eigenvalue weighted by Gasteiger charge is 2.33. The van der Waals surface area contributed by atoms with Gasteiger partial charge in [0.15, 0.2) is 11.6 Å². The molecule has 1 amide bonds. The van der Waals surface area contributed by atoms with E-state index in [0.29, 0.717) is 23.5 Å². The van der Waals surface area contributed by atoms with Crippen LogP contribution in [0.4, 0.5) is 29.1 Å². The minimum absolute atomic E-state index is 0.209. The van der Waals surface area contributed by atoms with Crippen LogP contribution < -0.4 is 15.0 Å². The number of hydrogen-bond acceptors (Lipinski definition) is 5. The molecule has 2 aromatic heterocycles. The van der Waals surface area contributed by atoms with E-state index in [-0.39, 0.29) is 11.5 Å². The maximum atomic E-state index is 13.9. The lowest BCUT2D eigenvalue weighted by molar-refractivity contribution is -0.275. The minimum atomic E-state index is -5.02. The molecule has 0 saturated carbocycles. The zero-order chi connectivity index (χ0) is 25.3. The number of carbonyl (C=O) groups excluding carboxylic acids is 1. The molecular weight excluding hydrogens is 476 g/mol. The highest BCUT2D eigenvalue weighted by Crippen LogP contribution is 2.35. The van der Waals surface area contributed by atoms with E-state index >= 15 is 0 Å². The molecule has 2 aliphatic rings. The number of benzene rings is 1. The smallest absolute Gasteiger partial charge is 0.403 e. The minimum Gasteiger partial charge on any atom is -0.403 e. The van der Waals surface area contributed by atoms with Crippen molar-refractivity contribution in [2.45, 2.75) is 44.4 Å². The van der Waals surface area contributed by atoms with Crippen molar-refractivity contribution in [3.8, 4) is 17.0 Å². The van der Waals surface area contributed by atoms with E-state index in [9.17, 15) is 22.4 Å². The lowest BCUT2D eigenvalue weighted by Crippen LogP contribution is -2.26. The van der Waals surface area contributed by atoms with Crippen molar-refractivity contribution in [2.75, 3.05) is 23.3 Å². The summed E-state index contributed by atoms with van der Waals surface area (Å²) in [5.74, 6) is -1.97. The molecule has 6 nitrogen and oxygen atoms in total. The second-order valence-electron chi connectivity index (χ2n) is 8.96. The molecule has 3 aromatic rings. The van der Waals surface area contributed by atoms with Gasteiger partial charge in [0.25, 0.3) is 0 Å². The first-order valence-electron chi connectivity index (χ1n) is 11.8. The Morgan fingerprint density at radius 1 is 1.06 bits per heavy atom. The van der Waals surface area contributed by atoms with E-state index in [2.05, 4.69) is 24.9 Å². The average Bonchev–Trinajstić information content (AvgIpc) is 3.39. The fraction of sp³-hybridized carbons (Fsp3) is 0.346. The zero-order valence-electron chi connectivity index (χ0n) is 19.3. The Morgan fingerprint density at radius 2 is 1.86 bits per heavy atom. The van der Waals surface area contributed by atoms with E-state index in [1.54, 1.807) is 18.3 Å². The monoisotopic (exact) mass is 500 g/mol. The first-order valence-corrected chi connectivity index (χ1v) is 11.8. The molecule has 1 unspecified atom stereocenters. The van der Waals surface area contributed by atoms with Gasteiger partial charge in [-0.3, -0.25) is 9.78 Å². The molecule has 10 heteroatoms. The summed E-state index contributed by atoms with van der Waals surface area (Å²) in [6.07, 6.45) is 1.02. The quantitative estimate of drug-likeness (QED) is 0.446. The van der Waals surface area contributed by atoms with Crippen LogP contribution in [-0.2, 0) is 11.2 Å². The second-order valence-corrected chi connectivity index (χ2v) is 8.96. The summed E-state index contributed by atoms with van der Waals surface area (Å²) in [5, 5.41) is 2.98. The van der Waals surface area contributed by atoms with Crippen LogP contribution in [0.15, 0.2) is 48.7 Å². The van der Waals surface area contributed by atoms with E-state index in [1.807, 2.05) is 12.1 Å². The van der Waals surface area contributed by atoms with Gasteiger partial charge in [0.1, 0.15) is 5.82 Å². The molecule has 1 atom stereocenters. The summed E-state index contributed by atoms with van der Waals surface area (Å²) in [6.45, 7) is 1.87. The topological polar surface area (TPSA) is 67.4 Å². The van der Waals surface area contributed by atoms with Crippen molar-refractivity contribution in [1.82, 2.24) is 9.97 Å². The number of fused-ring (bicyclic) bond motifs is 1.